The van der Waals surface area contributed by atoms with Gasteiger partial charge in [-0.3, -0.25) is 4.79 Å². The highest BCUT2D eigenvalue weighted by atomic mass is 19.4. The zero-order valence-electron chi connectivity index (χ0n) is 12.3. The molecule has 0 bridgehead atoms. The lowest BCUT2D eigenvalue weighted by atomic mass is 9.83. The van der Waals surface area contributed by atoms with Crippen molar-refractivity contribution in [3.8, 4) is 0 Å². The maximum atomic E-state index is 12.4. The highest BCUT2D eigenvalue weighted by molar-refractivity contribution is 5.96. The van der Waals surface area contributed by atoms with Gasteiger partial charge in [0.1, 0.15) is 0 Å². The highest BCUT2D eigenvalue weighted by Crippen LogP contribution is 2.30. The van der Waals surface area contributed by atoms with E-state index < -0.39 is 11.7 Å². The van der Waals surface area contributed by atoms with Gasteiger partial charge in [-0.05, 0) is 29.9 Å². The van der Waals surface area contributed by atoms with Gasteiger partial charge in [0.25, 0.3) is 0 Å². The van der Waals surface area contributed by atoms with Gasteiger partial charge in [-0.25, -0.2) is 0 Å². The van der Waals surface area contributed by atoms with Crippen LogP contribution in [0.4, 0.5) is 13.2 Å². The molecule has 0 saturated heterocycles. The molecule has 0 N–H and O–H groups in total. The number of benzene rings is 1. The average molecular weight is 286 g/mol. The Balaban J connectivity index is 2.69. The second-order valence-electron chi connectivity index (χ2n) is 6.57. The van der Waals surface area contributed by atoms with Crippen LogP contribution in [-0.2, 0) is 6.18 Å². The lowest BCUT2D eigenvalue weighted by molar-refractivity contribution is -0.137. The van der Waals surface area contributed by atoms with Gasteiger partial charge in [0.15, 0.2) is 5.78 Å². The zero-order chi connectivity index (χ0) is 15.6. The molecule has 4 heteroatoms. The van der Waals surface area contributed by atoms with Gasteiger partial charge in [0.2, 0.25) is 0 Å². The molecule has 0 heterocycles. The molecule has 20 heavy (non-hydrogen) atoms. The number of carbonyl (C=O) groups is 1. The third-order valence-electron chi connectivity index (χ3n) is 3.03. The van der Waals surface area contributed by atoms with E-state index in [4.69, 9.17) is 0 Å². The predicted octanol–water partition coefficient (Wildman–Crippen LogP) is 5.35. The van der Waals surface area contributed by atoms with Gasteiger partial charge >= 0.3 is 6.18 Å². The molecule has 1 rings (SSSR count). The molecule has 0 aliphatic rings. The number of ketones is 1. The van der Waals surface area contributed by atoms with E-state index in [-0.39, 0.29) is 17.1 Å². The summed E-state index contributed by atoms with van der Waals surface area (Å²) < 4.78 is 37.3. The Morgan fingerprint density at radius 2 is 1.60 bits per heavy atom. The second-order valence-corrected chi connectivity index (χ2v) is 6.57. The minimum Gasteiger partial charge on any atom is -0.294 e. The first-order valence-corrected chi connectivity index (χ1v) is 6.69. The summed E-state index contributed by atoms with van der Waals surface area (Å²) in [6.45, 7) is 8.30. The summed E-state index contributed by atoms with van der Waals surface area (Å²) in [5.74, 6) is 0.111. The molecule has 0 aromatic heterocycles. The van der Waals surface area contributed by atoms with E-state index in [9.17, 15) is 18.0 Å². The number of hydrogen-bond acceptors (Lipinski definition) is 1. The Morgan fingerprint density at radius 1 is 1.10 bits per heavy atom. The lowest BCUT2D eigenvalue weighted by Crippen LogP contribution is -2.14. The van der Waals surface area contributed by atoms with Gasteiger partial charge in [-0.2, -0.15) is 13.2 Å². The van der Waals surface area contributed by atoms with Gasteiger partial charge in [-0.1, -0.05) is 39.8 Å². The SMILES string of the molecule is CC(CC(=O)c1ccc(C(F)(F)F)cc1)CC(C)(C)C. The van der Waals surface area contributed by atoms with Crippen molar-refractivity contribution in [2.75, 3.05) is 0 Å². The fourth-order valence-corrected chi connectivity index (χ4v) is 2.40. The maximum absolute atomic E-state index is 12.4. The molecular weight excluding hydrogens is 265 g/mol. The molecule has 1 unspecified atom stereocenters. The summed E-state index contributed by atoms with van der Waals surface area (Å²) in [6, 6.07) is 4.44. The van der Waals surface area contributed by atoms with Gasteiger partial charge in [0.05, 0.1) is 5.56 Å². The normalized spacial score (nSPS) is 14.2. The van der Waals surface area contributed by atoms with Crippen LogP contribution in [0.2, 0.25) is 0 Å². The van der Waals surface area contributed by atoms with Gasteiger partial charge in [0, 0.05) is 12.0 Å². The number of halogens is 3. The lowest BCUT2D eigenvalue weighted by Gasteiger charge is -2.22. The van der Waals surface area contributed by atoms with Crippen LogP contribution in [0.5, 0.6) is 0 Å². The molecule has 1 aromatic carbocycles. The van der Waals surface area contributed by atoms with Crippen molar-refractivity contribution in [2.24, 2.45) is 11.3 Å². The van der Waals surface area contributed by atoms with Crippen LogP contribution in [0.25, 0.3) is 0 Å². The van der Waals surface area contributed by atoms with E-state index in [1.54, 1.807) is 0 Å². The van der Waals surface area contributed by atoms with Crippen LogP contribution < -0.4 is 0 Å². The van der Waals surface area contributed by atoms with Gasteiger partial charge < -0.3 is 0 Å². The molecule has 0 amide bonds. The first kappa shape index (κ1) is 16.7. The predicted molar refractivity (Wildman–Crippen MR) is 73.6 cm³/mol. The summed E-state index contributed by atoms with van der Waals surface area (Å²) >= 11 is 0. The number of hydrogen-bond donors (Lipinski definition) is 0. The van der Waals surface area contributed by atoms with E-state index in [1.165, 1.54) is 12.1 Å². The first-order valence-electron chi connectivity index (χ1n) is 6.69. The Morgan fingerprint density at radius 3 is 2.00 bits per heavy atom. The summed E-state index contributed by atoms with van der Waals surface area (Å²) in [5.41, 5.74) is -0.240. The summed E-state index contributed by atoms with van der Waals surface area (Å²) in [5, 5.41) is 0. The van der Waals surface area contributed by atoms with Crippen LogP contribution in [0.3, 0.4) is 0 Å². The molecule has 0 fully saturated rings. The first-order chi connectivity index (χ1) is 8.99. The van der Waals surface area contributed by atoms with E-state index in [1.807, 2.05) is 6.92 Å². The van der Waals surface area contributed by atoms with E-state index in [0.29, 0.717) is 12.0 Å². The van der Waals surface area contributed by atoms with Gasteiger partial charge in [-0.15, -0.1) is 0 Å². The van der Waals surface area contributed by atoms with Crippen LogP contribution in [0.15, 0.2) is 24.3 Å². The van der Waals surface area contributed by atoms with Crippen LogP contribution >= 0.6 is 0 Å². The Kier molecular flexibility index (Phi) is 5.00. The Bertz CT molecular complexity index is 452. The molecular formula is C16H21F3O. The fourth-order valence-electron chi connectivity index (χ4n) is 2.40. The third kappa shape index (κ3) is 5.35. The smallest absolute Gasteiger partial charge is 0.294 e. The molecule has 1 atom stereocenters. The standard InChI is InChI=1S/C16H21F3O/c1-11(10-15(2,3)4)9-14(20)12-5-7-13(8-6-12)16(17,18)19/h5-8,11H,9-10H2,1-4H3. The minimum absolute atomic E-state index is 0.101. The van der Waals surface area contributed by atoms with Crippen molar-refractivity contribution in [1.29, 1.82) is 0 Å². The van der Waals surface area contributed by atoms with Crippen molar-refractivity contribution >= 4 is 5.78 Å². The molecule has 0 aliphatic heterocycles. The van der Waals surface area contributed by atoms with Crippen molar-refractivity contribution in [1.82, 2.24) is 0 Å². The van der Waals surface area contributed by atoms with E-state index in [2.05, 4.69) is 20.8 Å². The third-order valence-corrected chi connectivity index (χ3v) is 3.03. The zero-order valence-corrected chi connectivity index (χ0v) is 12.3. The molecule has 0 spiro atoms. The maximum Gasteiger partial charge on any atom is 0.416 e. The minimum atomic E-state index is -4.36. The summed E-state index contributed by atoms with van der Waals surface area (Å²) in [7, 11) is 0. The van der Waals surface area contributed by atoms with Crippen molar-refractivity contribution < 1.29 is 18.0 Å². The van der Waals surface area contributed by atoms with Crippen LogP contribution in [0.1, 0.15) is 56.5 Å². The number of Topliss-reactive ketones (excluding diaryl/α,β-unsaturated/α-hetero) is 1. The Hall–Kier alpha value is -1.32. The molecule has 0 radical (unpaired) electrons. The summed E-state index contributed by atoms with van der Waals surface area (Å²) in [4.78, 5) is 12.0. The number of rotatable bonds is 4. The molecule has 0 aliphatic carbocycles. The van der Waals surface area contributed by atoms with Crippen molar-refractivity contribution in [3.63, 3.8) is 0 Å². The van der Waals surface area contributed by atoms with E-state index in [0.717, 1.165) is 18.6 Å². The van der Waals surface area contributed by atoms with Crippen LogP contribution in [-0.4, -0.2) is 5.78 Å². The van der Waals surface area contributed by atoms with E-state index >= 15 is 0 Å². The highest BCUT2D eigenvalue weighted by Gasteiger charge is 2.30. The monoisotopic (exact) mass is 286 g/mol. The fraction of sp³-hybridized carbons (Fsp3) is 0.562. The molecule has 1 aromatic rings. The summed E-state index contributed by atoms with van der Waals surface area (Å²) in [6.07, 6.45) is -3.09. The Labute approximate surface area is 118 Å². The number of alkyl halides is 3. The average Bonchev–Trinajstić information content (AvgIpc) is 2.25. The topological polar surface area (TPSA) is 17.1 Å². The number of carbonyl (C=O) groups excluding carboxylic acids is 1. The molecule has 0 saturated carbocycles. The van der Waals surface area contributed by atoms with Crippen molar-refractivity contribution in [2.45, 2.75) is 46.7 Å². The molecule has 1 nitrogen and oxygen atoms in total. The van der Waals surface area contributed by atoms with Crippen LogP contribution in [0, 0.1) is 11.3 Å². The van der Waals surface area contributed by atoms with Crippen molar-refractivity contribution in [3.05, 3.63) is 35.4 Å². The molecule has 112 valence electrons. The quantitative estimate of drug-likeness (QED) is 0.682. The largest absolute Gasteiger partial charge is 0.416 e. The second kappa shape index (κ2) is 5.98.